The molecule has 1 atom stereocenters. The van der Waals surface area contributed by atoms with E-state index in [-0.39, 0.29) is 11.2 Å². The molecular weight excluding hydrogens is 299 g/mol. The SMILES string of the molecule is COc1ccc(CC2(CBr)CCCOC2)cc1F. The summed E-state index contributed by atoms with van der Waals surface area (Å²) < 4.78 is 24.2. The fourth-order valence-electron chi connectivity index (χ4n) is 2.45. The van der Waals surface area contributed by atoms with Gasteiger partial charge in [0, 0.05) is 17.4 Å². The van der Waals surface area contributed by atoms with Crippen molar-refractivity contribution in [2.75, 3.05) is 25.7 Å². The van der Waals surface area contributed by atoms with Crippen molar-refractivity contribution >= 4 is 15.9 Å². The largest absolute Gasteiger partial charge is 0.494 e. The molecule has 0 N–H and O–H groups in total. The number of halogens is 2. The molecule has 0 saturated carbocycles. The van der Waals surface area contributed by atoms with Gasteiger partial charge < -0.3 is 9.47 Å². The Morgan fingerprint density at radius 2 is 2.33 bits per heavy atom. The minimum atomic E-state index is -0.295. The van der Waals surface area contributed by atoms with Gasteiger partial charge in [0.25, 0.3) is 0 Å². The summed E-state index contributed by atoms with van der Waals surface area (Å²) in [5, 5.41) is 0.883. The molecule has 100 valence electrons. The van der Waals surface area contributed by atoms with E-state index in [4.69, 9.17) is 9.47 Å². The number of alkyl halides is 1. The molecule has 1 heterocycles. The summed E-state index contributed by atoms with van der Waals surface area (Å²) in [6, 6.07) is 5.19. The third kappa shape index (κ3) is 3.04. The van der Waals surface area contributed by atoms with E-state index in [1.165, 1.54) is 7.11 Å². The quantitative estimate of drug-likeness (QED) is 0.791. The summed E-state index contributed by atoms with van der Waals surface area (Å²) in [4.78, 5) is 0. The van der Waals surface area contributed by atoms with Gasteiger partial charge in [0.15, 0.2) is 11.6 Å². The molecule has 1 aliphatic heterocycles. The summed E-state index contributed by atoms with van der Waals surface area (Å²) in [6.07, 6.45) is 3.02. The van der Waals surface area contributed by atoms with Crippen molar-refractivity contribution in [1.82, 2.24) is 0 Å². The monoisotopic (exact) mass is 316 g/mol. The Morgan fingerprint density at radius 1 is 1.50 bits per heavy atom. The van der Waals surface area contributed by atoms with Gasteiger partial charge in [-0.25, -0.2) is 4.39 Å². The van der Waals surface area contributed by atoms with Crippen LogP contribution in [0.15, 0.2) is 18.2 Å². The summed E-state index contributed by atoms with van der Waals surface area (Å²) in [5.41, 5.74) is 1.09. The summed E-state index contributed by atoms with van der Waals surface area (Å²) in [6.45, 7) is 1.58. The second-order valence-corrected chi connectivity index (χ2v) is 5.50. The van der Waals surface area contributed by atoms with Crippen LogP contribution >= 0.6 is 15.9 Å². The molecule has 0 spiro atoms. The predicted octanol–water partition coefficient (Wildman–Crippen LogP) is 3.57. The Labute approximate surface area is 116 Å². The molecule has 1 unspecified atom stereocenters. The molecule has 1 aliphatic rings. The zero-order valence-corrected chi connectivity index (χ0v) is 12.1. The average Bonchev–Trinajstić information content (AvgIpc) is 2.40. The number of benzene rings is 1. The Morgan fingerprint density at radius 3 is 2.89 bits per heavy atom. The van der Waals surface area contributed by atoms with Gasteiger partial charge in [-0.05, 0) is 37.0 Å². The number of ether oxygens (including phenoxy) is 2. The maximum atomic E-state index is 13.7. The van der Waals surface area contributed by atoms with Gasteiger partial charge in [0.1, 0.15) is 0 Å². The molecule has 0 amide bonds. The van der Waals surface area contributed by atoms with Crippen LogP contribution in [-0.2, 0) is 11.2 Å². The minimum absolute atomic E-state index is 0.0965. The Bertz CT molecular complexity index is 403. The highest BCUT2D eigenvalue weighted by Crippen LogP contribution is 2.35. The van der Waals surface area contributed by atoms with E-state index in [1.807, 2.05) is 6.07 Å². The molecule has 4 heteroatoms. The van der Waals surface area contributed by atoms with Crippen molar-refractivity contribution in [2.45, 2.75) is 19.3 Å². The second kappa shape index (κ2) is 6.02. The third-order valence-electron chi connectivity index (χ3n) is 3.48. The van der Waals surface area contributed by atoms with E-state index in [0.29, 0.717) is 5.75 Å². The zero-order chi connectivity index (χ0) is 13.0. The fourth-order valence-corrected chi connectivity index (χ4v) is 3.10. The molecular formula is C14H18BrFO2. The lowest BCUT2D eigenvalue weighted by atomic mass is 9.79. The first-order valence-electron chi connectivity index (χ1n) is 6.15. The van der Waals surface area contributed by atoms with Crippen LogP contribution in [0.25, 0.3) is 0 Å². The average molecular weight is 317 g/mol. The lowest BCUT2D eigenvalue weighted by Gasteiger charge is -2.35. The Hall–Kier alpha value is -0.610. The van der Waals surface area contributed by atoms with Crippen LogP contribution in [-0.4, -0.2) is 25.7 Å². The van der Waals surface area contributed by atoms with Crippen LogP contribution in [0.2, 0.25) is 0 Å². The molecule has 1 fully saturated rings. The fraction of sp³-hybridized carbons (Fsp3) is 0.571. The van der Waals surface area contributed by atoms with Crippen molar-refractivity contribution in [3.05, 3.63) is 29.6 Å². The predicted molar refractivity (Wildman–Crippen MR) is 72.9 cm³/mol. The molecule has 2 rings (SSSR count). The first kappa shape index (κ1) is 13.8. The van der Waals surface area contributed by atoms with Crippen LogP contribution in [0.1, 0.15) is 18.4 Å². The van der Waals surface area contributed by atoms with E-state index >= 15 is 0 Å². The van der Waals surface area contributed by atoms with Gasteiger partial charge in [0.05, 0.1) is 13.7 Å². The molecule has 0 aliphatic carbocycles. The Balaban J connectivity index is 2.14. The van der Waals surface area contributed by atoms with Gasteiger partial charge in [-0.15, -0.1) is 0 Å². The van der Waals surface area contributed by atoms with Gasteiger partial charge in [-0.1, -0.05) is 22.0 Å². The normalized spacial score (nSPS) is 23.9. The van der Waals surface area contributed by atoms with E-state index < -0.39 is 0 Å². The third-order valence-corrected chi connectivity index (χ3v) is 4.67. The molecule has 1 saturated heterocycles. The highest BCUT2D eigenvalue weighted by Gasteiger charge is 2.32. The first-order valence-corrected chi connectivity index (χ1v) is 7.27. The topological polar surface area (TPSA) is 18.5 Å². The lowest BCUT2D eigenvalue weighted by Crippen LogP contribution is -2.35. The molecule has 18 heavy (non-hydrogen) atoms. The van der Waals surface area contributed by atoms with Crippen molar-refractivity contribution < 1.29 is 13.9 Å². The molecule has 1 aromatic carbocycles. The standard InChI is InChI=1S/C14H18BrFO2/c1-17-13-4-3-11(7-12(13)16)8-14(9-15)5-2-6-18-10-14/h3-4,7H,2,5-6,8-10H2,1H3. The second-order valence-electron chi connectivity index (χ2n) is 4.94. The van der Waals surface area contributed by atoms with E-state index in [9.17, 15) is 4.39 Å². The maximum Gasteiger partial charge on any atom is 0.165 e. The smallest absolute Gasteiger partial charge is 0.165 e. The van der Waals surface area contributed by atoms with E-state index in [0.717, 1.165) is 43.4 Å². The number of hydrogen-bond donors (Lipinski definition) is 0. The molecule has 0 aromatic heterocycles. The summed E-state index contributed by atoms with van der Waals surface area (Å²) in [5.74, 6) is 0.00277. The maximum absolute atomic E-state index is 13.7. The molecule has 1 aromatic rings. The van der Waals surface area contributed by atoms with Gasteiger partial charge in [-0.3, -0.25) is 0 Å². The van der Waals surface area contributed by atoms with Gasteiger partial charge in [-0.2, -0.15) is 0 Å². The summed E-state index contributed by atoms with van der Waals surface area (Å²) in [7, 11) is 1.48. The van der Waals surface area contributed by atoms with Crippen LogP contribution in [0, 0.1) is 11.2 Å². The molecule has 0 radical (unpaired) electrons. The number of rotatable bonds is 4. The highest BCUT2D eigenvalue weighted by molar-refractivity contribution is 9.09. The minimum Gasteiger partial charge on any atom is -0.494 e. The van der Waals surface area contributed by atoms with Crippen molar-refractivity contribution in [2.24, 2.45) is 5.41 Å². The molecule has 0 bridgehead atoms. The van der Waals surface area contributed by atoms with Gasteiger partial charge >= 0.3 is 0 Å². The van der Waals surface area contributed by atoms with Crippen LogP contribution in [0.5, 0.6) is 5.75 Å². The summed E-state index contributed by atoms with van der Waals surface area (Å²) >= 11 is 3.57. The van der Waals surface area contributed by atoms with Crippen molar-refractivity contribution in [3.63, 3.8) is 0 Å². The van der Waals surface area contributed by atoms with Crippen molar-refractivity contribution in [3.8, 4) is 5.75 Å². The van der Waals surface area contributed by atoms with Crippen molar-refractivity contribution in [1.29, 1.82) is 0 Å². The molecule has 2 nitrogen and oxygen atoms in total. The van der Waals surface area contributed by atoms with E-state index in [1.54, 1.807) is 12.1 Å². The van der Waals surface area contributed by atoms with Crippen LogP contribution in [0.3, 0.4) is 0 Å². The number of methoxy groups -OCH3 is 1. The lowest BCUT2D eigenvalue weighted by molar-refractivity contribution is 0.00611. The first-order chi connectivity index (χ1) is 8.69. The van der Waals surface area contributed by atoms with Gasteiger partial charge in [0.2, 0.25) is 0 Å². The number of hydrogen-bond acceptors (Lipinski definition) is 2. The zero-order valence-electron chi connectivity index (χ0n) is 10.5. The van der Waals surface area contributed by atoms with E-state index in [2.05, 4.69) is 15.9 Å². The van der Waals surface area contributed by atoms with Crippen LogP contribution < -0.4 is 4.74 Å². The highest BCUT2D eigenvalue weighted by atomic mass is 79.9. The van der Waals surface area contributed by atoms with Crippen LogP contribution in [0.4, 0.5) is 4.39 Å². The Kier molecular flexibility index (Phi) is 4.62.